The molecule has 2 atom stereocenters. The molecule has 1 aliphatic carbocycles. The second kappa shape index (κ2) is 5.99. The molecule has 1 saturated heterocycles. The summed E-state index contributed by atoms with van der Waals surface area (Å²) in [7, 11) is 0. The summed E-state index contributed by atoms with van der Waals surface area (Å²) in [5.41, 5.74) is 1.30. The van der Waals surface area contributed by atoms with Gasteiger partial charge in [-0.05, 0) is 37.1 Å². The van der Waals surface area contributed by atoms with E-state index in [9.17, 15) is 8.78 Å². The smallest absolute Gasteiger partial charge is 0.174 e. The Balaban J connectivity index is 1.88. The quantitative estimate of drug-likeness (QED) is 0.612. The van der Waals surface area contributed by atoms with Gasteiger partial charge in [-0.3, -0.25) is 5.01 Å². The fourth-order valence-electron chi connectivity index (χ4n) is 2.85. The molecule has 0 radical (unpaired) electrons. The van der Waals surface area contributed by atoms with Gasteiger partial charge in [0.2, 0.25) is 0 Å². The fourth-order valence-corrected chi connectivity index (χ4v) is 2.85. The van der Waals surface area contributed by atoms with E-state index < -0.39 is 12.2 Å². The Labute approximate surface area is 129 Å². The van der Waals surface area contributed by atoms with Crippen molar-refractivity contribution in [1.82, 2.24) is 5.01 Å². The normalized spacial score (nSPS) is 25.4. The molecule has 1 aromatic rings. The van der Waals surface area contributed by atoms with Gasteiger partial charge in [0.25, 0.3) is 0 Å². The molecule has 1 saturated carbocycles. The highest BCUT2D eigenvalue weighted by atomic mass is 19.1. The number of rotatable bonds is 4. The minimum absolute atomic E-state index is 0.135. The average molecular weight is 303 g/mol. The average Bonchev–Trinajstić information content (AvgIpc) is 3.29. The van der Waals surface area contributed by atoms with Crippen LogP contribution in [0.5, 0.6) is 0 Å². The lowest BCUT2D eigenvalue weighted by molar-refractivity contribution is 0.253. The maximum absolute atomic E-state index is 14.0. The van der Waals surface area contributed by atoms with Crippen LogP contribution in [0.25, 0.3) is 0 Å². The predicted octanol–water partition coefficient (Wildman–Crippen LogP) is 3.89. The molecule has 0 bridgehead atoms. The number of hydrogen-bond acceptors (Lipinski definition) is 2. The van der Waals surface area contributed by atoms with Crippen LogP contribution in [0.3, 0.4) is 0 Å². The summed E-state index contributed by atoms with van der Waals surface area (Å²) in [5, 5.41) is 6.00. The van der Waals surface area contributed by atoms with Crippen molar-refractivity contribution < 1.29 is 8.78 Å². The molecule has 0 spiro atoms. The molecule has 1 heterocycles. The third kappa shape index (κ3) is 2.93. The van der Waals surface area contributed by atoms with E-state index in [4.69, 9.17) is 0 Å². The summed E-state index contributed by atoms with van der Waals surface area (Å²) in [6, 6.07) is 6.03. The highest BCUT2D eigenvalue weighted by Crippen LogP contribution is 2.38. The summed E-state index contributed by atoms with van der Waals surface area (Å²) in [6.45, 7) is 7.67. The van der Waals surface area contributed by atoms with E-state index in [0.717, 1.165) is 18.4 Å². The van der Waals surface area contributed by atoms with Crippen molar-refractivity contribution in [3.63, 3.8) is 0 Å². The third-order valence-electron chi connectivity index (χ3n) is 4.22. The lowest BCUT2D eigenvalue weighted by Crippen LogP contribution is -2.21. The Kier molecular flexibility index (Phi) is 4.05. The van der Waals surface area contributed by atoms with Crippen LogP contribution in [0.15, 0.2) is 46.5 Å². The van der Waals surface area contributed by atoms with E-state index >= 15 is 0 Å². The first kappa shape index (κ1) is 14.9. The van der Waals surface area contributed by atoms with Crippen molar-refractivity contribution in [2.24, 2.45) is 16.0 Å². The zero-order chi connectivity index (χ0) is 15.7. The van der Waals surface area contributed by atoms with Gasteiger partial charge >= 0.3 is 0 Å². The molecule has 0 N–H and O–H groups in total. The van der Waals surface area contributed by atoms with Crippen LogP contribution < -0.4 is 0 Å². The molecule has 2 aliphatic rings. The van der Waals surface area contributed by atoms with E-state index in [2.05, 4.69) is 23.4 Å². The van der Waals surface area contributed by atoms with Crippen LogP contribution in [-0.2, 0) is 0 Å². The minimum Gasteiger partial charge on any atom is -0.284 e. The van der Waals surface area contributed by atoms with E-state index in [-0.39, 0.29) is 18.8 Å². The first-order chi connectivity index (χ1) is 10.6. The summed E-state index contributed by atoms with van der Waals surface area (Å²) < 4.78 is 27.9. The number of amidine groups is 1. The molecule has 1 aliphatic heterocycles. The van der Waals surface area contributed by atoms with Crippen LogP contribution in [0.2, 0.25) is 0 Å². The second-order valence-electron chi connectivity index (χ2n) is 5.87. The topological polar surface area (TPSA) is 28.0 Å². The standard InChI is InChI=1S/C17H19F2N3/c1-11(12-7-8-12)17(20-2)21-22-10-13(18)9-16(22)14-5-3-4-6-15(14)19/h3-6,12-13,16H,1-2,7-10H2/b21-17-. The van der Waals surface area contributed by atoms with Crippen molar-refractivity contribution in [2.45, 2.75) is 31.5 Å². The molecule has 116 valence electrons. The number of hydrazone groups is 1. The molecule has 3 nitrogen and oxygen atoms in total. The number of nitrogens with zero attached hydrogens (tertiary/aromatic N) is 3. The Morgan fingerprint density at radius 1 is 1.27 bits per heavy atom. The summed E-state index contributed by atoms with van der Waals surface area (Å²) >= 11 is 0. The van der Waals surface area contributed by atoms with Crippen LogP contribution in [0.1, 0.15) is 30.9 Å². The number of halogens is 2. The van der Waals surface area contributed by atoms with Gasteiger partial charge in [-0.2, -0.15) is 5.10 Å². The Bertz CT molecular complexity index is 622. The summed E-state index contributed by atoms with van der Waals surface area (Å²) in [5.74, 6) is 0.508. The molecule has 2 unspecified atom stereocenters. The fraction of sp³-hybridized carbons (Fsp3) is 0.412. The Hall–Kier alpha value is -2.04. The monoisotopic (exact) mass is 303 g/mol. The lowest BCUT2D eigenvalue weighted by Gasteiger charge is -2.22. The second-order valence-corrected chi connectivity index (χ2v) is 5.87. The number of aliphatic imine (C=N–C) groups is 1. The highest BCUT2D eigenvalue weighted by Gasteiger charge is 2.35. The molecular formula is C17H19F2N3. The molecule has 3 rings (SSSR count). The Morgan fingerprint density at radius 3 is 2.64 bits per heavy atom. The SMILES string of the molecule is C=N/C(=N\N1CC(F)CC1c1ccccc1F)C(=C)C1CC1. The van der Waals surface area contributed by atoms with Crippen molar-refractivity contribution >= 4 is 12.6 Å². The van der Waals surface area contributed by atoms with Gasteiger partial charge in [-0.15, -0.1) is 0 Å². The largest absolute Gasteiger partial charge is 0.284 e. The van der Waals surface area contributed by atoms with Crippen molar-refractivity contribution in [3.8, 4) is 0 Å². The molecule has 0 amide bonds. The minimum atomic E-state index is -1.03. The zero-order valence-corrected chi connectivity index (χ0v) is 12.4. The van der Waals surface area contributed by atoms with Gasteiger partial charge in [-0.1, -0.05) is 24.8 Å². The molecule has 0 aromatic heterocycles. The summed E-state index contributed by atoms with van der Waals surface area (Å²) in [4.78, 5) is 3.93. The molecular weight excluding hydrogens is 284 g/mol. The van der Waals surface area contributed by atoms with E-state index in [1.165, 1.54) is 6.07 Å². The molecule has 5 heteroatoms. The van der Waals surface area contributed by atoms with Gasteiger partial charge in [-0.25, -0.2) is 13.8 Å². The van der Waals surface area contributed by atoms with E-state index in [1.807, 2.05) is 0 Å². The Morgan fingerprint density at radius 2 is 2.00 bits per heavy atom. The maximum atomic E-state index is 14.0. The van der Waals surface area contributed by atoms with E-state index in [1.54, 1.807) is 23.2 Å². The number of alkyl halides is 1. The van der Waals surface area contributed by atoms with Crippen LogP contribution in [-0.4, -0.2) is 30.3 Å². The van der Waals surface area contributed by atoms with Crippen molar-refractivity contribution in [1.29, 1.82) is 0 Å². The van der Waals surface area contributed by atoms with Crippen molar-refractivity contribution in [3.05, 3.63) is 47.8 Å². The molecule has 22 heavy (non-hydrogen) atoms. The van der Waals surface area contributed by atoms with Crippen LogP contribution in [0, 0.1) is 11.7 Å². The zero-order valence-electron chi connectivity index (χ0n) is 12.4. The van der Waals surface area contributed by atoms with Gasteiger partial charge < -0.3 is 0 Å². The number of hydrogen-bond donors (Lipinski definition) is 0. The number of benzene rings is 1. The highest BCUT2D eigenvalue weighted by molar-refractivity contribution is 6.01. The van der Waals surface area contributed by atoms with Gasteiger partial charge in [0.15, 0.2) is 5.84 Å². The maximum Gasteiger partial charge on any atom is 0.174 e. The van der Waals surface area contributed by atoms with Gasteiger partial charge in [0.05, 0.1) is 12.6 Å². The first-order valence-corrected chi connectivity index (χ1v) is 7.49. The predicted molar refractivity (Wildman–Crippen MR) is 84.2 cm³/mol. The van der Waals surface area contributed by atoms with E-state index in [0.29, 0.717) is 17.3 Å². The molecule has 1 aromatic carbocycles. The first-order valence-electron chi connectivity index (χ1n) is 7.49. The lowest BCUT2D eigenvalue weighted by atomic mass is 10.0. The van der Waals surface area contributed by atoms with Crippen LogP contribution in [0.4, 0.5) is 8.78 Å². The van der Waals surface area contributed by atoms with Gasteiger partial charge in [0, 0.05) is 12.0 Å². The summed E-state index contributed by atoms with van der Waals surface area (Å²) in [6.07, 6.45) is 1.35. The molecule has 2 fully saturated rings. The third-order valence-corrected chi connectivity index (χ3v) is 4.22. The van der Waals surface area contributed by atoms with Crippen molar-refractivity contribution in [2.75, 3.05) is 6.54 Å². The van der Waals surface area contributed by atoms with Crippen LogP contribution >= 0.6 is 0 Å². The van der Waals surface area contributed by atoms with Gasteiger partial charge in [0.1, 0.15) is 12.0 Å².